The van der Waals surface area contributed by atoms with Crippen molar-refractivity contribution in [1.29, 1.82) is 0 Å². The maximum atomic E-state index is 8.79. The summed E-state index contributed by atoms with van der Waals surface area (Å²) in [6.45, 7) is 7.86. The third kappa shape index (κ3) is 10.1. The van der Waals surface area contributed by atoms with Crippen molar-refractivity contribution in [2.45, 2.75) is 39.5 Å². The summed E-state index contributed by atoms with van der Waals surface area (Å²) in [5, 5.41) is 8.79. The Balaban J connectivity index is 0. The van der Waals surface area contributed by atoms with Crippen molar-refractivity contribution in [1.82, 2.24) is 4.90 Å². The maximum Gasteiger partial charge on any atom is 0.0558 e. The van der Waals surface area contributed by atoms with Crippen LogP contribution in [0.25, 0.3) is 0 Å². The second-order valence-electron chi connectivity index (χ2n) is 3.27. The summed E-state index contributed by atoms with van der Waals surface area (Å²) >= 11 is 0. The second kappa shape index (κ2) is 12.2. The van der Waals surface area contributed by atoms with Crippen LogP contribution in [0, 0.1) is 0 Å². The van der Waals surface area contributed by atoms with Crippen molar-refractivity contribution in [2.24, 2.45) is 0 Å². The van der Waals surface area contributed by atoms with Gasteiger partial charge in [-0.1, -0.05) is 26.7 Å². The number of halogens is 1. The molecule has 2 nitrogen and oxygen atoms in total. The van der Waals surface area contributed by atoms with Crippen LogP contribution in [0.1, 0.15) is 39.5 Å². The molecule has 0 unspecified atom stereocenters. The molecule has 0 heterocycles. The van der Waals surface area contributed by atoms with E-state index in [4.69, 9.17) is 5.11 Å². The summed E-state index contributed by atoms with van der Waals surface area (Å²) in [6, 6.07) is 0. The lowest BCUT2D eigenvalue weighted by atomic mass is 10.2. The van der Waals surface area contributed by atoms with Crippen LogP contribution in [0.2, 0.25) is 0 Å². The van der Waals surface area contributed by atoms with Gasteiger partial charge in [0, 0.05) is 6.54 Å². The van der Waals surface area contributed by atoms with Crippen LogP contribution >= 0.6 is 12.4 Å². The predicted octanol–water partition coefficient (Wildman–Crippen LogP) is 2.30. The molecule has 82 valence electrons. The molecule has 0 amide bonds. The van der Waals surface area contributed by atoms with E-state index in [0.717, 1.165) is 19.6 Å². The van der Waals surface area contributed by atoms with E-state index in [-0.39, 0.29) is 12.4 Å². The van der Waals surface area contributed by atoms with E-state index in [9.17, 15) is 0 Å². The maximum absolute atomic E-state index is 8.79. The summed E-state index contributed by atoms with van der Waals surface area (Å²) in [7, 11) is 0. The number of hydrogen-bond donors (Lipinski definition) is 1. The molecule has 0 bridgehead atoms. The van der Waals surface area contributed by atoms with Crippen LogP contribution in [0.5, 0.6) is 0 Å². The molecule has 0 saturated heterocycles. The molecule has 0 spiro atoms. The highest BCUT2D eigenvalue weighted by Crippen LogP contribution is 1.97. The minimum atomic E-state index is 0. The SMILES string of the molecule is CCCCN(CCO)CCCC.Cl. The Morgan fingerprint density at radius 1 is 0.923 bits per heavy atom. The van der Waals surface area contributed by atoms with E-state index in [1.165, 1.54) is 25.7 Å². The van der Waals surface area contributed by atoms with Gasteiger partial charge in [-0.3, -0.25) is 0 Å². The van der Waals surface area contributed by atoms with Gasteiger partial charge in [0.2, 0.25) is 0 Å². The normalized spacial score (nSPS) is 10.2. The summed E-state index contributed by atoms with van der Waals surface area (Å²) in [4.78, 5) is 2.35. The van der Waals surface area contributed by atoms with Crippen LogP contribution in [-0.4, -0.2) is 36.2 Å². The Morgan fingerprint density at radius 3 is 1.69 bits per heavy atom. The van der Waals surface area contributed by atoms with Gasteiger partial charge in [0.15, 0.2) is 0 Å². The molecule has 0 aliphatic heterocycles. The smallest absolute Gasteiger partial charge is 0.0558 e. The molecule has 0 atom stereocenters. The topological polar surface area (TPSA) is 23.5 Å². The zero-order chi connectivity index (χ0) is 9.23. The van der Waals surface area contributed by atoms with Crippen LogP contribution in [0.3, 0.4) is 0 Å². The average Bonchev–Trinajstić information content (AvgIpc) is 2.10. The predicted molar refractivity (Wildman–Crippen MR) is 60.6 cm³/mol. The van der Waals surface area contributed by atoms with Gasteiger partial charge in [0.25, 0.3) is 0 Å². The van der Waals surface area contributed by atoms with E-state index < -0.39 is 0 Å². The molecular formula is C10H24ClNO. The third-order valence-corrected chi connectivity index (χ3v) is 2.07. The fourth-order valence-corrected chi connectivity index (χ4v) is 1.24. The van der Waals surface area contributed by atoms with Crippen LogP contribution in [0.4, 0.5) is 0 Å². The summed E-state index contributed by atoms with van der Waals surface area (Å²) in [6.07, 6.45) is 5.00. The van der Waals surface area contributed by atoms with Crippen molar-refractivity contribution < 1.29 is 5.11 Å². The summed E-state index contributed by atoms with van der Waals surface area (Å²) in [5.41, 5.74) is 0. The van der Waals surface area contributed by atoms with E-state index >= 15 is 0 Å². The molecule has 0 aromatic carbocycles. The first-order valence-corrected chi connectivity index (χ1v) is 5.18. The van der Waals surface area contributed by atoms with Gasteiger partial charge in [-0.25, -0.2) is 0 Å². The molecule has 0 aliphatic rings. The Bertz CT molecular complexity index is 83.0. The summed E-state index contributed by atoms with van der Waals surface area (Å²) in [5.74, 6) is 0. The van der Waals surface area contributed by atoms with Crippen LogP contribution in [0.15, 0.2) is 0 Å². The van der Waals surface area contributed by atoms with E-state index in [0.29, 0.717) is 6.61 Å². The average molecular weight is 210 g/mol. The number of hydrogen-bond acceptors (Lipinski definition) is 2. The minimum absolute atomic E-state index is 0. The number of rotatable bonds is 8. The quantitative estimate of drug-likeness (QED) is 0.663. The molecule has 0 aliphatic carbocycles. The third-order valence-electron chi connectivity index (χ3n) is 2.07. The van der Waals surface area contributed by atoms with E-state index in [2.05, 4.69) is 18.7 Å². The number of nitrogens with zero attached hydrogens (tertiary/aromatic N) is 1. The summed E-state index contributed by atoms with van der Waals surface area (Å²) < 4.78 is 0. The first-order chi connectivity index (χ1) is 5.85. The molecule has 0 aromatic rings. The highest BCUT2D eigenvalue weighted by Gasteiger charge is 2.01. The monoisotopic (exact) mass is 209 g/mol. The largest absolute Gasteiger partial charge is 0.395 e. The van der Waals surface area contributed by atoms with Crippen LogP contribution < -0.4 is 0 Å². The fourth-order valence-electron chi connectivity index (χ4n) is 1.24. The molecule has 0 fully saturated rings. The Labute approximate surface area is 88.7 Å². The lowest BCUT2D eigenvalue weighted by molar-refractivity contribution is 0.192. The standard InChI is InChI=1S/C10H23NO.ClH/c1-3-5-7-11(9-10-12)8-6-4-2;/h12H,3-10H2,1-2H3;1H. The van der Waals surface area contributed by atoms with Gasteiger partial charge in [0.1, 0.15) is 0 Å². The first kappa shape index (κ1) is 15.7. The zero-order valence-corrected chi connectivity index (χ0v) is 9.78. The van der Waals surface area contributed by atoms with E-state index in [1.54, 1.807) is 0 Å². The van der Waals surface area contributed by atoms with Gasteiger partial charge < -0.3 is 10.0 Å². The molecule has 0 aromatic heterocycles. The highest BCUT2D eigenvalue weighted by atomic mass is 35.5. The molecule has 0 radical (unpaired) electrons. The van der Waals surface area contributed by atoms with Crippen molar-refractivity contribution in [3.63, 3.8) is 0 Å². The highest BCUT2D eigenvalue weighted by molar-refractivity contribution is 5.85. The molecule has 0 saturated carbocycles. The molecule has 13 heavy (non-hydrogen) atoms. The van der Waals surface area contributed by atoms with Crippen LogP contribution in [-0.2, 0) is 0 Å². The Hall–Kier alpha value is 0.210. The molecular weight excluding hydrogens is 186 g/mol. The molecule has 0 rings (SSSR count). The lowest BCUT2D eigenvalue weighted by Crippen LogP contribution is -2.28. The first-order valence-electron chi connectivity index (χ1n) is 5.18. The van der Waals surface area contributed by atoms with Crippen molar-refractivity contribution >= 4 is 12.4 Å². The van der Waals surface area contributed by atoms with E-state index in [1.807, 2.05) is 0 Å². The zero-order valence-electron chi connectivity index (χ0n) is 8.96. The number of unbranched alkanes of at least 4 members (excludes halogenated alkanes) is 2. The van der Waals surface area contributed by atoms with Gasteiger partial charge >= 0.3 is 0 Å². The van der Waals surface area contributed by atoms with Crippen molar-refractivity contribution in [3.05, 3.63) is 0 Å². The van der Waals surface area contributed by atoms with Gasteiger partial charge in [-0.15, -0.1) is 12.4 Å². The lowest BCUT2D eigenvalue weighted by Gasteiger charge is -2.20. The van der Waals surface area contributed by atoms with Gasteiger partial charge in [-0.05, 0) is 25.9 Å². The molecule has 1 N–H and O–H groups in total. The second-order valence-corrected chi connectivity index (χ2v) is 3.27. The fraction of sp³-hybridized carbons (Fsp3) is 1.00. The Morgan fingerprint density at radius 2 is 1.38 bits per heavy atom. The number of aliphatic hydroxyl groups is 1. The number of aliphatic hydroxyl groups excluding tert-OH is 1. The van der Waals surface area contributed by atoms with Crippen molar-refractivity contribution in [2.75, 3.05) is 26.2 Å². The van der Waals surface area contributed by atoms with Crippen molar-refractivity contribution in [3.8, 4) is 0 Å². The van der Waals surface area contributed by atoms with Gasteiger partial charge in [-0.2, -0.15) is 0 Å². The van der Waals surface area contributed by atoms with Gasteiger partial charge in [0.05, 0.1) is 6.61 Å². The molecule has 3 heteroatoms. The Kier molecular flexibility index (Phi) is 14.7. The minimum Gasteiger partial charge on any atom is -0.395 e.